The van der Waals surface area contributed by atoms with Crippen LogP contribution in [0.3, 0.4) is 0 Å². The molecule has 1 heterocycles. The maximum absolute atomic E-state index is 11.2. The first kappa shape index (κ1) is 24.7. The molecule has 1 N–H and O–H groups in total. The number of ether oxygens (including phenoxy) is 2. The summed E-state index contributed by atoms with van der Waals surface area (Å²) in [5, 5.41) is 0. The van der Waals surface area contributed by atoms with Gasteiger partial charge in [-0.05, 0) is 68.9 Å². The van der Waals surface area contributed by atoms with E-state index in [-0.39, 0.29) is 5.60 Å². The van der Waals surface area contributed by atoms with Gasteiger partial charge in [-0.3, -0.25) is 4.55 Å². The molecule has 1 aromatic rings. The molecule has 0 bridgehead atoms. The van der Waals surface area contributed by atoms with Gasteiger partial charge in [-0.2, -0.15) is 8.42 Å². The van der Waals surface area contributed by atoms with Gasteiger partial charge in [0.05, 0.1) is 0 Å². The van der Waals surface area contributed by atoms with Crippen molar-refractivity contribution < 1.29 is 22.4 Å². The number of aryl methyl sites for hydroxylation is 1. The van der Waals surface area contributed by atoms with Crippen LogP contribution in [0.25, 0.3) is 0 Å². The monoisotopic (exact) mass is 438 g/mol. The molecule has 0 aliphatic carbocycles. The minimum atomic E-state index is -4.07. The highest BCUT2D eigenvalue weighted by Crippen LogP contribution is 2.36. The Morgan fingerprint density at radius 2 is 1.97 bits per heavy atom. The van der Waals surface area contributed by atoms with E-state index in [1.807, 2.05) is 25.1 Å². The quantitative estimate of drug-likeness (QED) is 0.228. The highest BCUT2D eigenvalue weighted by atomic mass is 32.2. The van der Waals surface area contributed by atoms with Crippen LogP contribution in [0.4, 0.5) is 0 Å². The predicted molar refractivity (Wildman–Crippen MR) is 122 cm³/mol. The van der Waals surface area contributed by atoms with Gasteiger partial charge in [-0.1, -0.05) is 52.0 Å². The summed E-state index contributed by atoms with van der Waals surface area (Å²) in [4.78, 5) is 0. The van der Waals surface area contributed by atoms with E-state index in [1.54, 1.807) is 0 Å². The molecule has 2 rings (SSSR count). The van der Waals surface area contributed by atoms with Gasteiger partial charge in [-0.25, -0.2) is 0 Å². The standard InChI is InChI=1S/C24H38O5S/c1-4-6-7-8-9-10-11-16-24(3)17-15-20-18-21(13-14-23(20)29-24)28-22(12-5-2)19-30(25,26)27/h11,13-14,16,18,22H,4-10,12,15,17,19H2,1-3H3,(H,25,26,27)/b16-11+. The Balaban J connectivity index is 1.94. The molecule has 0 spiro atoms. The lowest BCUT2D eigenvalue weighted by Crippen LogP contribution is -2.34. The number of fused-ring (bicyclic) bond motifs is 1. The molecular weight excluding hydrogens is 400 g/mol. The Labute approximate surface area is 182 Å². The van der Waals surface area contributed by atoms with Crippen LogP contribution in [0.1, 0.15) is 84.1 Å². The summed E-state index contributed by atoms with van der Waals surface area (Å²) < 4.78 is 43.8. The smallest absolute Gasteiger partial charge is 0.268 e. The summed E-state index contributed by atoms with van der Waals surface area (Å²) in [6, 6.07) is 5.64. The van der Waals surface area contributed by atoms with Crippen LogP contribution in [0.2, 0.25) is 0 Å². The Kier molecular flexibility index (Phi) is 9.69. The lowest BCUT2D eigenvalue weighted by Gasteiger charge is -2.34. The van der Waals surface area contributed by atoms with E-state index in [4.69, 9.17) is 14.0 Å². The lowest BCUT2D eigenvalue weighted by molar-refractivity contribution is 0.113. The van der Waals surface area contributed by atoms with Crippen LogP contribution in [0.15, 0.2) is 30.4 Å². The molecular formula is C24H38O5S. The van der Waals surface area contributed by atoms with Crippen molar-refractivity contribution in [1.29, 1.82) is 0 Å². The summed E-state index contributed by atoms with van der Waals surface area (Å²) in [5.74, 6) is 1.08. The van der Waals surface area contributed by atoms with Crippen LogP contribution in [-0.4, -0.2) is 30.4 Å². The second-order valence-corrected chi connectivity index (χ2v) is 10.1. The number of hydrogen-bond acceptors (Lipinski definition) is 4. The molecule has 0 fully saturated rings. The minimum Gasteiger partial charge on any atom is -0.489 e. The van der Waals surface area contributed by atoms with Crippen LogP contribution in [0, 0.1) is 0 Å². The van der Waals surface area contributed by atoms with Crippen molar-refractivity contribution in [2.75, 3.05) is 5.75 Å². The molecule has 170 valence electrons. The summed E-state index contributed by atoms with van der Waals surface area (Å²) in [7, 11) is -4.07. The third-order valence-corrected chi connectivity index (χ3v) is 6.31. The summed E-state index contributed by atoms with van der Waals surface area (Å²) >= 11 is 0. The number of unbranched alkanes of at least 4 members (excludes halogenated alkanes) is 5. The van der Waals surface area contributed by atoms with Crippen molar-refractivity contribution in [3.05, 3.63) is 35.9 Å². The first-order chi connectivity index (χ1) is 14.2. The van der Waals surface area contributed by atoms with Crippen LogP contribution in [0.5, 0.6) is 11.5 Å². The summed E-state index contributed by atoms with van der Waals surface area (Å²) in [6.07, 6.45) is 14.5. The second-order valence-electron chi connectivity index (χ2n) is 8.57. The van der Waals surface area contributed by atoms with E-state index in [0.29, 0.717) is 12.2 Å². The fourth-order valence-corrected chi connectivity index (χ4v) is 4.56. The molecule has 1 aromatic carbocycles. The summed E-state index contributed by atoms with van der Waals surface area (Å²) in [6.45, 7) is 6.31. The number of benzene rings is 1. The lowest BCUT2D eigenvalue weighted by atomic mass is 9.91. The van der Waals surface area contributed by atoms with Crippen molar-refractivity contribution in [2.24, 2.45) is 0 Å². The maximum atomic E-state index is 11.2. The van der Waals surface area contributed by atoms with Gasteiger partial charge < -0.3 is 9.47 Å². The second kappa shape index (κ2) is 11.8. The first-order valence-corrected chi connectivity index (χ1v) is 13.0. The zero-order chi connectivity index (χ0) is 22.0. The van der Waals surface area contributed by atoms with Crippen molar-refractivity contribution in [3.8, 4) is 11.5 Å². The highest BCUT2D eigenvalue weighted by Gasteiger charge is 2.29. The molecule has 2 unspecified atom stereocenters. The molecule has 5 nitrogen and oxygen atoms in total. The molecule has 0 saturated heterocycles. The number of hydrogen-bond donors (Lipinski definition) is 1. The van der Waals surface area contributed by atoms with Crippen molar-refractivity contribution >= 4 is 10.1 Å². The van der Waals surface area contributed by atoms with E-state index in [2.05, 4.69) is 26.0 Å². The van der Waals surface area contributed by atoms with Gasteiger partial charge in [-0.15, -0.1) is 0 Å². The molecule has 0 aromatic heterocycles. The third-order valence-electron chi connectivity index (χ3n) is 5.52. The molecule has 1 aliphatic heterocycles. The van der Waals surface area contributed by atoms with E-state index in [9.17, 15) is 8.42 Å². The minimum absolute atomic E-state index is 0.297. The topological polar surface area (TPSA) is 72.8 Å². The van der Waals surface area contributed by atoms with Gasteiger partial charge in [0.1, 0.15) is 29.0 Å². The molecule has 0 amide bonds. The van der Waals surface area contributed by atoms with Gasteiger partial charge in [0, 0.05) is 0 Å². The molecule has 1 aliphatic rings. The van der Waals surface area contributed by atoms with Crippen molar-refractivity contribution in [1.82, 2.24) is 0 Å². The third kappa shape index (κ3) is 8.68. The van der Waals surface area contributed by atoms with E-state index < -0.39 is 22.0 Å². The fourth-order valence-electron chi connectivity index (χ4n) is 3.85. The van der Waals surface area contributed by atoms with Crippen LogP contribution in [-0.2, 0) is 16.5 Å². The average molecular weight is 439 g/mol. The van der Waals surface area contributed by atoms with E-state index >= 15 is 0 Å². The zero-order valence-corrected chi connectivity index (χ0v) is 19.5. The van der Waals surface area contributed by atoms with Crippen molar-refractivity contribution in [2.45, 2.75) is 96.7 Å². The Hall–Kier alpha value is -1.53. The van der Waals surface area contributed by atoms with Gasteiger partial charge in [0.15, 0.2) is 0 Å². The van der Waals surface area contributed by atoms with Crippen LogP contribution < -0.4 is 9.47 Å². The van der Waals surface area contributed by atoms with Crippen LogP contribution >= 0.6 is 0 Å². The zero-order valence-electron chi connectivity index (χ0n) is 18.7. The molecule has 0 saturated carbocycles. The number of rotatable bonds is 13. The SMILES string of the molecule is CCCCCCC/C=C/C1(C)CCc2cc(OC(CCC)CS(=O)(=O)O)ccc2O1. The number of allylic oxidation sites excluding steroid dienone is 1. The molecule has 0 radical (unpaired) electrons. The van der Waals surface area contributed by atoms with Gasteiger partial charge in [0.25, 0.3) is 10.1 Å². The van der Waals surface area contributed by atoms with Gasteiger partial charge in [0.2, 0.25) is 0 Å². The Morgan fingerprint density at radius 3 is 2.67 bits per heavy atom. The highest BCUT2D eigenvalue weighted by molar-refractivity contribution is 7.85. The largest absolute Gasteiger partial charge is 0.489 e. The van der Waals surface area contributed by atoms with E-state index in [1.165, 1.54) is 32.1 Å². The van der Waals surface area contributed by atoms with Gasteiger partial charge >= 0.3 is 0 Å². The normalized spacial score (nSPS) is 20.0. The predicted octanol–water partition coefficient (Wildman–Crippen LogP) is 6.12. The molecule has 2 atom stereocenters. The van der Waals surface area contributed by atoms with Crippen molar-refractivity contribution in [3.63, 3.8) is 0 Å². The molecule has 6 heteroatoms. The Morgan fingerprint density at radius 1 is 1.20 bits per heavy atom. The van der Waals surface area contributed by atoms with E-state index in [0.717, 1.165) is 37.0 Å². The first-order valence-electron chi connectivity index (χ1n) is 11.4. The Bertz CT molecular complexity index is 787. The summed E-state index contributed by atoms with van der Waals surface area (Å²) in [5.41, 5.74) is 0.772. The maximum Gasteiger partial charge on any atom is 0.268 e. The fraction of sp³-hybridized carbons (Fsp3) is 0.667. The average Bonchev–Trinajstić information content (AvgIpc) is 2.66. The molecule has 30 heavy (non-hydrogen) atoms.